The molecule has 5 aliphatic rings. The quantitative estimate of drug-likeness (QED) is 0.454. The van der Waals surface area contributed by atoms with Gasteiger partial charge in [-0.05, 0) is 68.4 Å². The van der Waals surface area contributed by atoms with E-state index in [4.69, 9.17) is 4.74 Å². The summed E-state index contributed by atoms with van der Waals surface area (Å²) < 4.78 is 5.10. The molecule has 0 aromatic rings. The molecule has 0 heterocycles. The van der Waals surface area contributed by atoms with Crippen molar-refractivity contribution in [3.05, 3.63) is 60.4 Å². The molecule has 0 aliphatic heterocycles. The maximum Gasteiger partial charge on any atom is 0.334 e. The molecule has 5 rings (SSSR count). The summed E-state index contributed by atoms with van der Waals surface area (Å²) >= 11 is 0. The smallest absolute Gasteiger partial charge is 0.334 e. The van der Waals surface area contributed by atoms with Gasteiger partial charge in [0.15, 0.2) is 0 Å². The third-order valence-electron chi connectivity index (χ3n) is 6.17. The van der Waals surface area contributed by atoms with Crippen molar-refractivity contribution in [3.63, 3.8) is 0 Å². The first kappa shape index (κ1) is 20.3. The minimum atomic E-state index is -0.0344. The van der Waals surface area contributed by atoms with E-state index in [1.807, 2.05) is 30.7 Å². The Balaban J connectivity index is 0.000000282. The van der Waals surface area contributed by atoms with Crippen LogP contribution in [0.4, 0.5) is 0 Å². The van der Waals surface area contributed by atoms with Gasteiger partial charge in [-0.15, -0.1) is 0 Å². The van der Waals surface area contributed by atoms with Crippen LogP contribution in [0, 0.1) is 25.2 Å². The van der Waals surface area contributed by atoms with Gasteiger partial charge in [0.05, 0.1) is 7.11 Å². The summed E-state index contributed by atoms with van der Waals surface area (Å²) in [5, 5.41) is 0. The largest absolute Gasteiger partial charge is 0.466 e. The van der Waals surface area contributed by atoms with E-state index in [0.29, 0.717) is 5.92 Å². The molecule has 5 aliphatic carbocycles. The molecule has 3 saturated carbocycles. The number of carbonyl (C=O) groups is 1. The van der Waals surface area contributed by atoms with E-state index >= 15 is 0 Å². The average Bonchev–Trinajstić information content (AvgIpc) is 3.10. The zero-order valence-corrected chi connectivity index (χ0v) is 16.3. The Hall–Kier alpha value is -1.06. The van der Waals surface area contributed by atoms with Gasteiger partial charge < -0.3 is 12.2 Å². The van der Waals surface area contributed by atoms with Crippen LogP contribution in [0.5, 0.6) is 0 Å². The van der Waals surface area contributed by atoms with E-state index in [0.717, 1.165) is 12.0 Å². The fraction of sp³-hybridized carbons (Fsp3) is 0.500. The first-order chi connectivity index (χ1) is 11.3. The maximum absolute atomic E-state index is 12.3. The molecule has 0 bridgehead atoms. The van der Waals surface area contributed by atoms with Gasteiger partial charge in [0, 0.05) is 34.2 Å². The summed E-state index contributed by atoms with van der Waals surface area (Å²) in [6.45, 7) is 0. The number of fused-ring (bicyclic) bond motifs is 3. The second-order valence-electron chi connectivity index (χ2n) is 7.27. The number of hydrogen-bond acceptors (Lipinski definition) is 2. The first-order valence-corrected chi connectivity index (χ1v) is 8.99. The molecule has 138 valence electrons. The topological polar surface area (TPSA) is 26.3 Å². The van der Waals surface area contributed by atoms with E-state index < -0.39 is 0 Å². The van der Waals surface area contributed by atoms with Crippen molar-refractivity contribution in [1.82, 2.24) is 0 Å². The molecular formula is C22H28CoO2-. The Morgan fingerprint density at radius 2 is 1.72 bits per heavy atom. The van der Waals surface area contributed by atoms with Gasteiger partial charge in [-0.2, -0.15) is 0 Å². The molecule has 3 fully saturated rings. The Bertz CT molecular complexity index is 637. The van der Waals surface area contributed by atoms with Crippen molar-refractivity contribution in [1.29, 1.82) is 0 Å². The minimum Gasteiger partial charge on any atom is -0.466 e. The molecule has 1 unspecified atom stereocenters. The third-order valence-corrected chi connectivity index (χ3v) is 6.17. The molecule has 2 nitrogen and oxygen atoms in total. The van der Waals surface area contributed by atoms with Crippen molar-refractivity contribution in [2.24, 2.45) is 11.3 Å². The molecular weight excluding hydrogens is 355 g/mol. The van der Waals surface area contributed by atoms with E-state index in [9.17, 15) is 4.79 Å². The van der Waals surface area contributed by atoms with Crippen LogP contribution in [0.25, 0.3) is 0 Å². The number of ether oxygens (including phenoxy) is 1. The maximum atomic E-state index is 12.3. The van der Waals surface area contributed by atoms with E-state index in [1.54, 1.807) is 11.1 Å². The van der Waals surface area contributed by atoms with Crippen molar-refractivity contribution < 1.29 is 26.3 Å². The number of rotatable bonds is 1. The molecule has 1 atom stereocenters. The molecule has 0 amide bonds. The Morgan fingerprint density at radius 3 is 2.28 bits per heavy atom. The van der Waals surface area contributed by atoms with Crippen LogP contribution in [-0.4, -0.2) is 13.1 Å². The molecule has 25 heavy (non-hydrogen) atoms. The molecule has 0 saturated heterocycles. The van der Waals surface area contributed by atoms with Crippen LogP contribution >= 0.6 is 0 Å². The van der Waals surface area contributed by atoms with Gasteiger partial charge in [0.2, 0.25) is 0 Å². The second kappa shape index (κ2) is 8.09. The number of esters is 1. The normalized spacial score (nSPS) is 26.4. The Labute approximate surface area is 162 Å². The second-order valence-corrected chi connectivity index (χ2v) is 7.27. The van der Waals surface area contributed by atoms with E-state index in [1.165, 1.54) is 57.6 Å². The van der Waals surface area contributed by atoms with Crippen LogP contribution in [0.15, 0.2) is 46.6 Å². The van der Waals surface area contributed by atoms with Crippen LogP contribution in [-0.2, 0) is 26.3 Å². The summed E-state index contributed by atoms with van der Waals surface area (Å²) in [6.07, 6.45) is 19.9. The Morgan fingerprint density at radius 1 is 1.04 bits per heavy atom. The summed E-state index contributed by atoms with van der Waals surface area (Å²) in [7, 11) is 1.54. The van der Waals surface area contributed by atoms with Crippen molar-refractivity contribution in [2.45, 2.75) is 51.4 Å². The van der Waals surface area contributed by atoms with Crippen molar-refractivity contribution in [2.75, 3.05) is 7.11 Å². The fourth-order valence-corrected chi connectivity index (χ4v) is 5.15. The molecule has 0 N–H and O–H groups in total. The zero-order chi connectivity index (χ0) is 15.9. The molecule has 0 aromatic heterocycles. The fourth-order valence-electron chi connectivity index (χ4n) is 5.15. The van der Waals surface area contributed by atoms with Gasteiger partial charge in [0.25, 0.3) is 0 Å². The SMILES string of the molecule is COC(=O)C1=C2CCCC2=C2CCCC2C12CC2.[CH3-].[CH]1C=CC=C1.[Co]. The predicted octanol–water partition coefficient (Wildman–Crippen LogP) is 5.29. The van der Waals surface area contributed by atoms with Crippen LogP contribution in [0.3, 0.4) is 0 Å². The molecule has 1 spiro atoms. The number of carbonyl (C=O) groups excluding carboxylic acids is 1. The van der Waals surface area contributed by atoms with Gasteiger partial charge in [-0.3, -0.25) is 0 Å². The third kappa shape index (κ3) is 3.33. The van der Waals surface area contributed by atoms with E-state index in [2.05, 4.69) is 0 Å². The van der Waals surface area contributed by atoms with Gasteiger partial charge in [-0.25, -0.2) is 4.79 Å². The van der Waals surface area contributed by atoms with Gasteiger partial charge in [-0.1, -0.05) is 29.9 Å². The minimum absolute atomic E-state index is 0. The van der Waals surface area contributed by atoms with Crippen LogP contribution in [0.2, 0.25) is 0 Å². The van der Waals surface area contributed by atoms with Crippen molar-refractivity contribution in [3.8, 4) is 0 Å². The monoisotopic (exact) mass is 383 g/mol. The summed E-state index contributed by atoms with van der Waals surface area (Å²) in [5.74, 6) is 0.649. The standard InChI is InChI=1S/C16H20O2.C5H5.CH3.Co/c1-18-15(17)14-12-6-2-4-10(12)11-5-3-7-13(11)16(14)8-9-16;1-2-4-5-3-1;;/h13H,2-9H2,1H3;1-5H;1H3;/q;;-1;. The predicted molar refractivity (Wildman–Crippen MR) is 97.9 cm³/mol. The molecule has 3 heteroatoms. The van der Waals surface area contributed by atoms with Crippen LogP contribution in [0.1, 0.15) is 51.4 Å². The molecule has 2 radical (unpaired) electrons. The summed E-state index contributed by atoms with van der Waals surface area (Å²) in [4.78, 5) is 12.3. The number of allylic oxidation sites excluding steroid dienone is 7. The van der Waals surface area contributed by atoms with Crippen molar-refractivity contribution >= 4 is 5.97 Å². The summed E-state index contributed by atoms with van der Waals surface area (Å²) in [6, 6.07) is 0. The number of methoxy groups -OCH3 is 1. The first-order valence-electron chi connectivity index (χ1n) is 8.99. The summed E-state index contributed by atoms with van der Waals surface area (Å²) in [5.41, 5.74) is 5.99. The van der Waals surface area contributed by atoms with Gasteiger partial charge in [0.1, 0.15) is 0 Å². The van der Waals surface area contributed by atoms with E-state index in [-0.39, 0.29) is 35.6 Å². The zero-order valence-electron chi connectivity index (χ0n) is 15.3. The Kier molecular flexibility index (Phi) is 6.55. The molecule has 0 aromatic carbocycles. The average molecular weight is 383 g/mol. The van der Waals surface area contributed by atoms with Gasteiger partial charge >= 0.3 is 5.97 Å². The van der Waals surface area contributed by atoms with Crippen LogP contribution < -0.4 is 0 Å². The number of hydrogen-bond donors (Lipinski definition) is 0.